The Morgan fingerprint density at radius 2 is 2.05 bits per heavy atom. The molecule has 1 N–H and O–H groups in total. The molecule has 1 saturated carbocycles. The third-order valence-corrected chi connectivity index (χ3v) is 4.32. The minimum atomic E-state index is 0.382. The molecule has 0 aliphatic heterocycles. The van der Waals surface area contributed by atoms with Gasteiger partial charge in [-0.3, -0.25) is 4.98 Å². The Morgan fingerprint density at radius 1 is 1.20 bits per heavy atom. The highest BCUT2D eigenvalue weighted by Crippen LogP contribution is 2.38. The van der Waals surface area contributed by atoms with Crippen molar-refractivity contribution in [3.05, 3.63) is 65.5 Å². The maximum atomic E-state index is 4.19. The van der Waals surface area contributed by atoms with E-state index in [4.69, 9.17) is 0 Å². The minimum absolute atomic E-state index is 0.382. The van der Waals surface area contributed by atoms with Crippen LogP contribution in [0.15, 0.2) is 48.8 Å². The lowest BCUT2D eigenvalue weighted by molar-refractivity contribution is 0.270. The van der Waals surface area contributed by atoms with Crippen LogP contribution >= 0.6 is 0 Å². The van der Waals surface area contributed by atoms with E-state index in [-0.39, 0.29) is 0 Å². The maximum Gasteiger partial charge on any atom is 0.0315 e. The summed E-state index contributed by atoms with van der Waals surface area (Å²) in [5, 5.41) is 3.71. The SMILES string of the molecule is Cc1cccc(C2CC(NC(C)c3cccnc3)C2)c1. The van der Waals surface area contributed by atoms with Crippen molar-refractivity contribution in [1.29, 1.82) is 0 Å². The minimum Gasteiger partial charge on any atom is -0.307 e. The van der Waals surface area contributed by atoms with Crippen LogP contribution in [0.3, 0.4) is 0 Å². The average molecular weight is 266 g/mol. The Kier molecular flexibility index (Phi) is 3.83. The summed E-state index contributed by atoms with van der Waals surface area (Å²) in [5.74, 6) is 0.730. The molecule has 2 aromatic rings. The van der Waals surface area contributed by atoms with E-state index in [1.807, 2.05) is 18.5 Å². The molecule has 1 aromatic heterocycles. The molecule has 0 spiro atoms. The quantitative estimate of drug-likeness (QED) is 0.905. The lowest BCUT2D eigenvalue weighted by Gasteiger charge is -2.38. The zero-order valence-corrected chi connectivity index (χ0v) is 12.2. The van der Waals surface area contributed by atoms with Gasteiger partial charge >= 0.3 is 0 Å². The van der Waals surface area contributed by atoms with E-state index < -0.39 is 0 Å². The number of benzene rings is 1. The fraction of sp³-hybridized carbons (Fsp3) is 0.389. The summed E-state index contributed by atoms with van der Waals surface area (Å²) in [6.45, 7) is 4.39. The van der Waals surface area contributed by atoms with E-state index in [1.54, 1.807) is 0 Å². The van der Waals surface area contributed by atoms with E-state index >= 15 is 0 Å². The molecular formula is C18H22N2. The van der Waals surface area contributed by atoms with E-state index in [1.165, 1.54) is 29.5 Å². The standard InChI is InChI=1S/C18H22N2/c1-13-5-3-6-15(9-13)17-10-18(11-17)20-14(2)16-7-4-8-19-12-16/h3-9,12,14,17-18,20H,10-11H2,1-2H3. The number of nitrogens with one attached hydrogen (secondary N) is 1. The molecule has 0 radical (unpaired) electrons. The van der Waals surface area contributed by atoms with Gasteiger partial charge in [0.25, 0.3) is 0 Å². The van der Waals surface area contributed by atoms with Gasteiger partial charge in [-0.1, -0.05) is 35.9 Å². The van der Waals surface area contributed by atoms with Crippen molar-refractivity contribution >= 4 is 0 Å². The molecule has 1 heterocycles. The lowest BCUT2D eigenvalue weighted by Crippen LogP contribution is -2.41. The fourth-order valence-corrected chi connectivity index (χ4v) is 3.03. The number of hydrogen-bond acceptors (Lipinski definition) is 2. The summed E-state index contributed by atoms with van der Waals surface area (Å²) >= 11 is 0. The summed E-state index contributed by atoms with van der Waals surface area (Å²) in [7, 11) is 0. The highest BCUT2D eigenvalue weighted by molar-refractivity contribution is 5.28. The number of pyridine rings is 1. The highest BCUT2D eigenvalue weighted by Gasteiger charge is 2.31. The highest BCUT2D eigenvalue weighted by atomic mass is 15.0. The number of nitrogens with zero attached hydrogens (tertiary/aromatic N) is 1. The number of hydrogen-bond donors (Lipinski definition) is 1. The number of rotatable bonds is 4. The molecule has 3 rings (SSSR count). The van der Waals surface area contributed by atoms with Crippen molar-refractivity contribution in [3.63, 3.8) is 0 Å². The summed E-state index contributed by atoms with van der Waals surface area (Å²) in [6.07, 6.45) is 6.27. The normalized spacial score (nSPS) is 23.1. The van der Waals surface area contributed by atoms with Crippen LogP contribution in [0.25, 0.3) is 0 Å². The monoisotopic (exact) mass is 266 g/mol. The number of aryl methyl sites for hydroxylation is 1. The van der Waals surface area contributed by atoms with Crippen LogP contribution in [0, 0.1) is 6.92 Å². The van der Waals surface area contributed by atoms with E-state index in [0.29, 0.717) is 12.1 Å². The van der Waals surface area contributed by atoms with Crippen molar-refractivity contribution in [2.24, 2.45) is 0 Å². The van der Waals surface area contributed by atoms with Crippen molar-refractivity contribution in [1.82, 2.24) is 10.3 Å². The van der Waals surface area contributed by atoms with Crippen LogP contribution in [-0.4, -0.2) is 11.0 Å². The van der Waals surface area contributed by atoms with Gasteiger partial charge < -0.3 is 5.32 Å². The van der Waals surface area contributed by atoms with Gasteiger partial charge in [0.1, 0.15) is 0 Å². The number of aromatic nitrogens is 1. The van der Waals surface area contributed by atoms with E-state index in [2.05, 4.69) is 54.5 Å². The molecule has 1 aliphatic rings. The Bertz CT molecular complexity index is 559. The van der Waals surface area contributed by atoms with Gasteiger partial charge in [0.2, 0.25) is 0 Å². The summed E-state index contributed by atoms with van der Waals surface area (Å²) in [4.78, 5) is 4.19. The first-order chi connectivity index (χ1) is 9.72. The third-order valence-electron chi connectivity index (χ3n) is 4.32. The summed E-state index contributed by atoms with van der Waals surface area (Å²) in [5.41, 5.74) is 4.13. The fourth-order valence-electron chi connectivity index (χ4n) is 3.03. The summed E-state index contributed by atoms with van der Waals surface area (Å²) < 4.78 is 0. The summed E-state index contributed by atoms with van der Waals surface area (Å²) in [6, 6.07) is 14.1. The first-order valence-electron chi connectivity index (χ1n) is 7.45. The Morgan fingerprint density at radius 3 is 2.75 bits per heavy atom. The molecule has 0 amide bonds. The Labute approximate surface area is 121 Å². The van der Waals surface area contributed by atoms with Gasteiger partial charge in [-0.25, -0.2) is 0 Å². The Hall–Kier alpha value is -1.67. The molecule has 1 atom stereocenters. The first-order valence-corrected chi connectivity index (χ1v) is 7.45. The van der Waals surface area contributed by atoms with Crippen molar-refractivity contribution in [2.45, 2.75) is 44.7 Å². The van der Waals surface area contributed by atoms with Crippen LogP contribution < -0.4 is 5.32 Å². The van der Waals surface area contributed by atoms with Crippen LogP contribution in [0.4, 0.5) is 0 Å². The van der Waals surface area contributed by atoms with Crippen LogP contribution in [-0.2, 0) is 0 Å². The molecule has 20 heavy (non-hydrogen) atoms. The van der Waals surface area contributed by atoms with Crippen molar-refractivity contribution < 1.29 is 0 Å². The predicted molar refractivity (Wildman–Crippen MR) is 82.7 cm³/mol. The van der Waals surface area contributed by atoms with E-state index in [9.17, 15) is 0 Å². The topological polar surface area (TPSA) is 24.9 Å². The zero-order valence-electron chi connectivity index (χ0n) is 12.2. The molecule has 0 saturated heterocycles. The first kappa shape index (κ1) is 13.3. The maximum absolute atomic E-state index is 4.19. The predicted octanol–water partition coefficient (Wildman–Crippen LogP) is 3.99. The smallest absolute Gasteiger partial charge is 0.0315 e. The van der Waals surface area contributed by atoms with Gasteiger partial charge in [-0.05, 0) is 49.8 Å². The molecule has 2 heteroatoms. The van der Waals surface area contributed by atoms with Gasteiger partial charge in [-0.2, -0.15) is 0 Å². The Balaban J connectivity index is 1.54. The second-order valence-electron chi connectivity index (χ2n) is 5.95. The second kappa shape index (κ2) is 5.76. The van der Waals surface area contributed by atoms with Gasteiger partial charge in [-0.15, -0.1) is 0 Å². The van der Waals surface area contributed by atoms with Crippen molar-refractivity contribution in [3.8, 4) is 0 Å². The van der Waals surface area contributed by atoms with Gasteiger partial charge in [0.15, 0.2) is 0 Å². The largest absolute Gasteiger partial charge is 0.307 e. The van der Waals surface area contributed by atoms with Crippen LogP contribution in [0.5, 0.6) is 0 Å². The average Bonchev–Trinajstić information content (AvgIpc) is 2.43. The molecule has 2 nitrogen and oxygen atoms in total. The van der Waals surface area contributed by atoms with Crippen LogP contribution in [0.2, 0.25) is 0 Å². The molecule has 1 unspecified atom stereocenters. The van der Waals surface area contributed by atoms with Crippen LogP contribution in [0.1, 0.15) is 48.4 Å². The molecule has 1 fully saturated rings. The molecular weight excluding hydrogens is 244 g/mol. The molecule has 1 aromatic carbocycles. The molecule has 104 valence electrons. The molecule has 0 bridgehead atoms. The lowest BCUT2D eigenvalue weighted by atomic mass is 9.75. The zero-order chi connectivity index (χ0) is 13.9. The van der Waals surface area contributed by atoms with Gasteiger partial charge in [0.05, 0.1) is 0 Å². The molecule has 1 aliphatic carbocycles. The third kappa shape index (κ3) is 2.91. The van der Waals surface area contributed by atoms with Crippen molar-refractivity contribution in [2.75, 3.05) is 0 Å². The van der Waals surface area contributed by atoms with Gasteiger partial charge in [0, 0.05) is 24.5 Å². The van der Waals surface area contributed by atoms with E-state index in [0.717, 1.165) is 5.92 Å². The second-order valence-corrected chi connectivity index (χ2v) is 5.95.